The number of nitrogens with one attached hydrogen (secondary N) is 2. The zero-order valence-electron chi connectivity index (χ0n) is 15.4. The summed E-state index contributed by atoms with van der Waals surface area (Å²) in [6.45, 7) is 4.71. The van der Waals surface area contributed by atoms with Crippen LogP contribution in [0.25, 0.3) is 11.1 Å². The largest absolute Gasteiger partial charge is 0.370 e. The summed E-state index contributed by atoms with van der Waals surface area (Å²) in [5.74, 6) is 1.86. The molecular formula is C20H27N5O. The predicted molar refractivity (Wildman–Crippen MR) is 102 cm³/mol. The minimum absolute atomic E-state index is 0.280. The van der Waals surface area contributed by atoms with Gasteiger partial charge in [-0.2, -0.15) is 5.10 Å². The molecule has 1 atom stereocenters. The van der Waals surface area contributed by atoms with Gasteiger partial charge in [0.05, 0.1) is 6.20 Å². The van der Waals surface area contributed by atoms with Crippen molar-refractivity contribution in [2.75, 3.05) is 25.0 Å². The summed E-state index contributed by atoms with van der Waals surface area (Å²) >= 11 is 0. The first kappa shape index (κ1) is 17.1. The van der Waals surface area contributed by atoms with Gasteiger partial charge in [-0.15, -0.1) is 0 Å². The van der Waals surface area contributed by atoms with E-state index in [2.05, 4.69) is 38.4 Å². The van der Waals surface area contributed by atoms with Crippen molar-refractivity contribution in [2.24, 2.45) is 5.92 Å². The SMILES string of the molecule is CCCNc1cc(-c2cn[nH]c2[C@H]2CCN(C(=O)C3CCC3)C2)ccn1. The number of H-pyrrole nitrogens is 1. The number of carbonyl (C=O) groups is 1. The summed E-state index contributed by atoms with van der Waals surface area (Å²) in [5.41, 5.74) is 3.38. The molecular weight excluding hydrogens is 326 g/mol. The highest BCUT2D eigenvalue weighted by molar-refractivity contribution is 5.80. The molecule has 1 aliphatic heterocycles. The molecule has 1 aliphatic carbocycles. The van der Waals surface area contributed by atoms with Gasteiger partial charge in [0.15, 0.2) is 0 Å². The number of aromatic amines is 1. The first-order valence-electron chi connectivity index (χ1n) is 9.78. The lowest BCUT2D eigenvalue weighted by Gasteiger charge is -2.29. The maximum absolute atomic E-state index is 12.5. The van der Waals surface area contributed by atoms with Gasteiger partial charge in [0.25, 0.3) is 0 Å². The van der Waals surface area contributed by atoms with Crippen LogP contribution in [0.2, 0.25) is 0 Å². The molecule has 0 unspecified atom stereocenters. The standard InChI is InChI=1S/C20H27N5O/c1-2-8-21-18-11-15(6-9-22-18)17-12-23-24-19(17)16-7-10-25(13-16)20(26)14-4-3-5-14/h6,9,11-12,14,16H,2-5,7-8,10,13H2,1H3,(H,21,22)(H,23,24)/t16-/m0/s1. The van der Waals surface area contributed by atoms with Crippen LogP contribution in [0.1, 0.15) is 50.6 Å². The van der Waals surface area contributed by atoms with E-state index in [4.69, 9.17) is 0 Å². The van der Waals surface area contributed by atoms with Crippen LogP contribution < -0.4 is 5.32 Å². The molecule has 0 radical (unpaired) electrons. The van der Waals surface area contributed by atoms with Crippen LogP contribution in [0.3, 0.4) is 0 Å². The van der Waals surface area contributed by atoms with E-state index in [1.807, 2.05) is 18.5 Å². The van der Waals surface area contributed by atoms with E-state index in [1.54, 1.807) is 0 Å². The van der Waals surface area contributed by atoms with Gasteiger partial charge >= 0.3 is 0 Å². The monoisotopic (exact) mass is 353 g/mol. The maximum Gasteiger partial charge on any atom is 0.225 e. The lowest BCUT2D eigenvalue weighted by atomic mass is 9.84. The van der Waals surface area contributed by atoms with Crippen molar-refractivity contribution in [2.45, 2.75) is 44.9 Å². The Morgan fingerprint density at radius 1 is 1.38 bits per heavy atom. The van der Waals surface area contributed by atoms with E-state index in [0.717, 1.165) is 68.0 Å². The van der Waals surface area contributed by atoms with Gasteiger partial charge in [-0.3, -0.25) is 9.89 Å². The van der Waals surface area contributed by atoms with E-state index >= 15 is 0 Å². The Balaban J connectivity index is 1.50. The first-order chi connectivity index (χ1) is 12.8. The summed E-state index contributed by atoms with van der Waals surface area (Å²) in [6, 6.07) is 4.11. The topological polar surface area (TPSA) is 73.9 Å². The van der Waals surface area contributed by atoms with E-state index in [9.17, 15) is 4.79 Å². The Labute approximate surface area is 154 Å². The lowest BCUT2D eigenvalue weighted by molar-refractivity contribution is -0.137. The van der Waals surface area contributed by atoms with Crippen LogP contribution in [-0.4, -0.2) is 45.6 Å². The van der Waals surface area contributed by atoms with E-state index in [0.29, 0.717) is 11.8 Å². The van der Waals surface area contributed by atoms with Crippen molar-refractivity contribution in [1.29, 1.82) is 0 Å². The predicted octanol–water partition coefficient (Wildman–Crippen LogP) is 3.41. The molecule has 1 saturated heterocycles. The summed E-state index contributed by atoms with van der Waals surface area (Å²) in [5, 5.41) is 10.8. The zero-order chi connectivity index (χ0) is 17.9. The van der Waals surface area contributed by atoms with Crippen LogP contribution in [0.5, 0.6) is 0 Å². The number of nitrogens with zero attached hydrogens (tertiary/aromatic N) is 3. The highest BCUT2D eigenvalue weighted by Gasteiger charge is 2.35. The molecule has 2 aromatic heterocycles. The number of pyridine rings is 1. The van der Waals surface area contributed by atoms with Crippen molar-refractivity contribution >= 4 is 11.7 Å². The number of hydrogen-bond donors (Lipinski definition) is 2. The third-order valence-electron chi connectivity index (χ3n) is 5.66. The third-order valence-corrected chi connectivity index (χ3v) is 5.66. The Hall–Kier alpha value is -2.37. The van der Waals surface area contributed by atoms with Crippen LogP contribution in [-0.2, 0) is 4.79 Å². The second-order valence-corrected chi connectivity index (χ2v) is 7.45. The second kappa shape index (κ2) is 7.48. The van der Waals surface area contributed by atoms with Crippen molar-refractivity contribution < 1.29 is 4.79 Å². The van der Waals surface area contributed by atoms with Crippen molar-refractivity contribution in [3.05, 3.63) is 30.2 Å². The molecule has 26 heavy (non-hydrogen) atoms. The fourth-order valence-electron chi connectivity index (χ4n) is 3.89. The summed E-state index contributed by atoms with van der Waals surface area (Å²) in [4.78, 5) is 19.0. The highest BCUT2D eigenvalue weighted by atomic mass is 16.2. The molecule has 1 amide bonds. The molecule has 6 nitrogen and oxygen atoms in total. The molecule has 6 heteroatoms. The van der Waals surface area contributed by atoms with Gasteiger partial charge < -0.3 is 10.2 Å². The smallest absolute Gasteiger partial charge is 0.225 e. The molecule has 138 valence electrons. The summed E-state index contributed by atoms with van der Waals surface area (Å²) < 4.78 is 0. The molecule has 2 fully saturated rings. The van der Waals surface area contributed by atoms with Gasteiger partial charge in [-0.1, -0.05) is 13.3 Å². The Bertz CT molecular complexity index is 767. The van der Waals surface area contributed by atoms with Gasteiger partial charge in [-0.25, -0.2) is 4.98 Å². The number of aromatic nitrogens is 3. The minimum Gasteiger partial charge on any atom is -0.370 e. The van der Waals surface area contributed by atoms with Crippen LogP contribution >= 0.6 is 0 Å². The third kappa shape index (κ3) is 3.32. The molecule has 0 aromatic carbocycles. The fourth-order valence-corrected chi connectivity index (χ4v) is 3.89. The van der Waals surface area contributed by atoms with E-state index in [1.165, 1.54) is 6.42 Å². The molecule has 2 N–H and O–H groups in total. The van der Waals surface area contributed by atoms with Crippen LogP contribution in [0.15, 0.2) is 24.5 Å². The summed E-state index contributed by atoms with van der Waals surface area (Å²) in [7, 11) is 0. The second-order valence-electron chi connectivity index (χ2n) is 7.45. The molecule has 3 heterocycles. The van der Waals surface area contributed by atoms with Crippen LogP contribution in [0, 0.1) is 5.92 Å². The minimum atomic E-state index is 0.280. The number of rotatable bonds is 6. The maximum atomic E-state index is 12.5. The highest BCUT2D eigenvalue weighted by Crippen LogP contribution is 2.36. The number of likely N-dealkylation sites (tertiary alicyclic amines) is 1. The van der Waals surface area contributed by atoms with E-state index < -0.39 is 0 Å². The number of carbonyl (C=O) groups excluding carboxylic acids is 1. The average Bonchev–Trinajstić information content (AvgIpc) is 3.27. The number of anilines is 1. The van der Waals surface area contributed by atoms with Crippen LogP contribution in [0.4, 0.5) is 5.82 Å². The molecule has 0 bridgehead atoms. The molecule has 2 aliphatic rings. The van der Waals surface area contributed by atoms with Crippen molar-refractivity contribution in [1.82, 2.24) is 20.1 Å². The molecule has 4 rings (SSSR count). The molecule has 1 saturated carbocycles. The van der Waals surface area contributed by atoms with Crippen molar-refractivity contribution in [3.63, 3.8) is 0 Å². The van der Waals surface area contributed by atoms with Gasteiger partial charge in [0, 0.05) is 48.9 Å². The summed E-state index contributed by atoms with van der Waals surface area (Å²) in [6.07, 6.45) is 9.14. The Kier molecular flexibility index (Phi) is 4.91. The number of hydrogen-bond acceptors (Lipinski definition) is 4. The molecule has 0 spiro atoms. The van der Waals surface area contributed by atoms with Crippen molar-refractivity contribution in [3.8, 4) is 11.1 Å². The quantitative estimate of drug-likeness (QED) is 0.835. The molecule has 2 aromatic rings. The van der Waals surface area contributed by atoms with Gasteiger partial charge in [0.2, 0.25) is 5.91 Å². The lowest BCUT2D eigenvalue weighted by Crippen LogP contribution is -2.37. The van der Waals surface area contributed by atoms with Gasteiger partial charge in [0.1, 0.15) is 5.82 Å². The number of amides is 1. The first-order valence-corrected chi connectivity index (χ1v) is 9.78. The normalized spacial score (nSPS) is 20.2. The average molecular weight is 353 g/mol. The van der Waals surface area contributed by atoms with E-state index in [-0.39, 0.29) is 5.92 Å². The zero-order valence-corrected chi connectivity index (χ0v) is 15.4. The van der Waals surface area contributed by atoms with Gasteiger partial charge in [-0.05, 0) is 43.4 Å². The Morgan fingerprint density at radius 2 is 2.27 bits per heavy atom. The Morgan fingerprint density at radius 3 is 3.04 bits per heavy atom. The fraction of sp³-hybridized carbons (Fsp3) is 0.550.